The van der Waals surface area contributed by atoms with E-state index in [1.54, 1.807) is 41.1 Å². The van der Waals surface area contributed by atoms with Gasteiger partial charge in [0.2, 0.25) is 0 Å². The van der Waals surface area contributed by atoms with Crippen LogP contribution in [0.4, 0.5) is 5.69 Å². The highest BCUT2D eigenvalue weighted by Crippen LogP contribution is 2.24. The normalized spacial score (nSPS) is 11.2. The summed E-state index contributed by atoms with van der Waals surface area (Å²) in [4.78, 5) is 22.5. The van der Waals surface area contributed by atoms with Crippen LogP contribution in [0.2, 0.25) is 0 Å². The molecule has 162 valence electrons. The number of rotatable bonds is 7. The van der Waals surface area contributed by atoms with Gasteiger partial charge in [-0.25, -0.2) is 5.43 Å². The van der Waals surface area contributed by atoms with Crippen molar-refractivity contribution in [2.24, 2.45) is 5.10 Å². The second-order valence-corrected chi connectivity index (χ2v) is 7.06. The number of nitrogens with zero attached hydrogens (tertiary/aromatic N) is 4. The summed E-state index contributed by atoms with van der Waals surface area (Å²) >= 11 is 0. The smallest absolute Gasteiger partial charge is 0.307 e. The van der Waals surface area contributed by atoms with E-state index in [0.717, 1.165) is 11.4 Å². The van der Waals surface area contributed by atoms with Gasteiger partial charge in [0.25, 0.3) is 5.69 Å². The topological polar surface area (TPSA) is 129 Å². The maximum atomic E-state index is 12.3. The molecule has 10 nitrogen and oxygen atoms in total. The molecule has 0 unspecified atom stereocenters. The minimum absolute atomic E-state index is 0.000703. The zero-order chi connectivity index (χ0) is 22.7. The molecule has 1 amide bonds. The maximum absolute atomic E-state index is 12.3. The van der Waals surface area contributed by atoms with Crippen molar-refractivity contribution in [3.8, 4) is 11.3 Å². The van der Waals surface area contributed by atoms with E-state index in [-0.39, 0.29) is 11.4 Å². The Bertz CT molecular complexity index is 1300. The number of benzene rings is 1. The van der Waals surface area contributed by atoms with Crippen molar-refractivity contribution in [1.82, 2.24) is 15.2 Å². The molecule has 4 aromatic rings. The molecule has 3 aromatic heterocycles. The van der Waals surface area contributed by atoms with Crippen molar-refractivity contribution in [3.05, 3.63) is 93.4 Å². The van der Waals surface area contributed by atoms with Crippen LogP contribution in [0.5, 0.6) is 0 Å². The summed E-state index contributed by atoms with van der Waals surface area (Å²) in [5.41, 5.74) is 4.99. The third-order valence-corrected chi connectivity index (χ3v) is 4.64. The molecule has 0 radical (unpaired) electrons. The quantitative estimate of drug-likeness (QED) is 0.266. The van der Waals surface area contributed by atoms with Gasteiger partial charge in [-0.05, 0) is 56.3 Å². The van der Waals surface area contributed by atoms with E-state index in [4.69, 9.17) is 8.83 Å². The Morgan fingerprint density at radius 2 is 1.94 bits per heavy atom. The van der Waals surface area contributed by atoms with Gasteiger partial charge in [-0.3, -0.25) is 19.6 Å². The predicted octanol–water partition coefficient (Wildman–Crippen LogP) is 4.07. The molecule has 0 saturated heterocycles. The number of hydrogen-bond donors (Lipinski definition) is 1. The van der Waals surface area contributed by atoms with E-state index in [0.29, 0.717) is 29.4 Å². The first kappa shape index (κ1) is 20.8. The summed E-state index contributed by atoms with van der Waals surface area (Å²) in [5.74, 6) is 1.16. The standard InChI is InChI=1S/C22H19N5O5/c1-14-11-15(2)26(25-14)13-19-8-10-21(32-19)22(28)24-23-12-18-7-9-20(31-18)16-3-5-17(6-4-16)27(29)30/h3-12H,13H2,1-2H3,(H,24,28). The predicted molar refractivity (Wildman–Crippen MR) is 115 cm³/mol. The number of carbonyl (C=O) groups is 1. The van der Waals surface area contributed by atoms with E-state index in [1.807, 2.05) is 19.9 Å². The number of furan rings is 2. The number of nitro groups is 1. The molecule has 4 rings (SSSR count). The van der Waals surface area contributed by atoms with Gasteiger partial charge in [-0.2, -0.15) is 10.2 Å². The van der Waals surface area contributed by atoms with Crippen molar-refractivity contribution in [2.75, 3.05) is 0 Å². The summed E-state index contributed by atoms with van der Waals surface area (Å²) < 4.78 is 13.0. The van der Waals surface area contributed by atoms with Crippen molar-refractivity contribution in [3.63, 3.8) is 0 Å². The first-order chi connectivity index (χ1) is 15.4. The number of aryl methyl sites for hydroxylation is 2. The lowest BCUT2D eigenvalue weighted by Crippen LogP contribution is -2.16. The van der Waals surface area contributed by atoms with Crippen LogP contribution in [0.3, 0.4) is 0 Å². The summed E-state index contributed by atoms with van der Waals surface area (Å²) in [6.45, 7) is 4.29. The van der Waals surface area contributed by atoms with E-state index in [1.165, 1.54) is 18.3 Å². The fraction of sp³-hybridized carbons (Fsp3) is 0.136. The Morgan fingerprint density at radius 1 is 1.16 bits per heavy atom. The number of hydrazone groups is 1. The summed E-state index contributed by atoms with van der Waals surface area (Å²) in [5, 5.41) is 19.0. The number of carbonyl (C=O) groups excluding carboxylic acids is 1. The molecule has 1 N–H and O–H groups in total. The third kappa shape index (κ3) is 4.64. The maximum Gasteiger partial charge on any atom is 0.307 e. The molecule has 0 fully saturated rings. The molecular formula is C22H19N5O5. The first-order valence-electron chi connectivity index (χ1n) is 9.67. The van der Waals surface area contributed by atoms with Crippen LogP contribution in [0.1, 0.15) is 33.5 Å². The summed E-state index contributed by atoms with van der Waals surface area (Å²) in [6.07, 6.45) is 1.35. The molecule has 0 aliphatic rings. The van der Waals surface area contributed by atoms with Gasteiger partial charge >= 0.3 is 5.91 Å². The van der Waals surface area contributed by atoms with Crippen LogP contribution in [0.15, 0.2) is 68.5 Å². The fourth-order valence-electron chi connectivity index (χ4n) is 3.10. The lowest BCUT2D eigenvalue weighted by Gasteiger charge is -2.01. The Balaban J connectivity index is 1.35. The molecule has 0 spiro atoms. The Labute approximate surface area is 182 Å². The Morgan fingerprint density at radius 3 is 2.62 bits per heavy atom. The zero-order valence-corrected chi connectivity index (χ0v) is 17.3. The molecule has 1 aromatic carbocycles. The molecule has 32 heavy (non-hydrogen) atoms. The van der Waals surface area contributed by atoms with Gasteiger partial charge in [-0.15, -0.1) is 0 Å². The molecule has 0 aliphatic heterocycles. The average Bonchev–Trinajstić information content (AvgIpc) is 3.49. The van der Waals surface area contributed by atoms with Crippen molar-refractivity contribution in [2.45, 2.75) is 20.4 Å². The van der Waals surface area contributed by atoms with Crippen LogP contribution >= 0.6 is 0 Å². The molecular weight excluding hydrogens is 414 g/mol. The summed E-state index contributed by atoms with van der Waals surface area (Å²) in [7, 11) is 0. The van der Waals surface area contributed by atoms with E-state index in [9.17, 15) is 14.9 Å². The SMILES string of the molecule is Cc1cc(C)n(Cc2ccc(C(=O)NN=Cc3ccc(-c4ccc([N+](=O)[O-])cc4)o3)o2)n1. The monoisotopic (exact) mass is 433 g/mol. The number of amides is 1. The van der Waals surface area contributed by atoms with E-state index < -0.39 is 10.8 Å². The lowest BCUT2D eigenvalue weighted by atomic mass is 10.1. The number of nitro benzene ring substituents is 1. The van der Waals surface area contributed by atoms with Crippen molar-refractivity contribution < 1.29 is 18.6 Å². The molecule has 10 heteroatoms. The van der Waals surface area contributed by atoms with Crippen LogP contribution < -0.4 is 5.43 Å². The summed E-state index contributed by atoms with van der Waals surface area (Å²) in [6, 6.07) is 14.6. The molecule has 0 saturated carbocycles. The lowest BCUT2D eigenvalue weighted by molar-refractivity contribution is -0.384. The minimum Gasteiger partial charge on any atom is -0.455 e. The second-order valence-electron chi connectivity index (χ2n) is 7.06. The van der Waals surface area contributed by atoms with Gasteiger partial charge in [0.1, 0.15) is 17.3 Å². The highest BCUT2D eigenvalue weighted by atomic mass is 16.6. The van der Waals surface area contributed by atoms with Gasteiger partial charge in [0.15, 0.2) is 5.76 Å². The number of nitrogens with one attached hydrogen (secondary N) is 1. The van der Waals surface area contributed by atoms with Crippen molar-refractivity contribution in [1.29, 1.82) is 0 Å². The van der Waals surface area contributed by atoms with Gasteiger partial charge < -0.3 is 8.83 Å². The Hall–Kier alpha value is -4.47. The molecule has 3 heterocycles. The van der Waals surface area contributed by atoms with Crippen LogP contribution in [-0.4, -0.2) is 26.8 Å². The highest BCUT2D eigenvalue weighted by Gasteiger charge is 2.12. The molecule has 0 bridgehead atoms. The highest BCUT2D eigenvalue weighted by molar-refractivity contribution is 5.92. The van der Waals surface area contributed by atoms with E-state index in [2.05, 4.69) is 15.6 Å². The van der Waals surface area contributed by atoms with Crippen LogP contribution in [-0.2, 0) is 6.54 Å². The fourth-order valence-corrected chi connectivity index (χ4v) is 3.10. The van der Waals surface area contributed by atoms with Crippen LogP contribution in [0, 0.1) is 24.0 Å². The Kier molecular flexibility index (Phi) is 5.67. The van der Waals surface area contributed by atoms with Gasteiger partial charge in [0, 0.05) is 23.4 Å². The van der Waals surface area contributed by atoms with Gasteiger partial charge in [-0.1, -0.05) is 0 Å². The van der Waals surface area contributed by atoms with E-state index >= 15 is 0 Å². The minimum atomic E-state index is -0.497. The van der Waals surface area contributed by atoms with Crippen molar-refractivity contribution >= 4 is 17.8 Å². The number of aromatic nitrogens is 2. The third-order valence-electron chi connectivity index (χ3n) is 4.64. The first-order valence-corrected chi connectivity index (χ1v) is 9.67. The average molecular weight is 433 g/mol. The molecule has 0 aliphatic carbocycles. The number of hydrogen-bond acceptors (Lipinski definition) is 7. The number of non-ortho nitro benzene ring substituents is 1. The molecule has 0 atom stereocenters. The second kappa shape index (κ2) is 8.72. The van der Waals surface area contributed by atoms with Gasteiger partial charge in [0.05, 0.1) is 23.4 Å². The largest absolute Gasteiger partial charge is 0.455 e. The zero-order valence-electron chi connectivity index (χ0n) is 17.3. The van der Waals surface area contributed by atoms with Crippen LogP contribution in [0.25, 0.3) is 11.3 Å².